The number of aryl methyl sites for hydroxylation is 1. The molecule has 2 heterocycles. The number of nitrogens with two attached hydrogens (primary N) is 1. The molecule has 0 saturated carbocycles. The number of hydrogen-bond acceptors (Lipinski definition) is 6. The number of hydrogen-bond donors (Lipinski definition) is 3. The van der Waals surface area contributed by atoms with Gasteiger partial charge in [-0.3, -0.25) is 4.52 Å². The first-order chi connectivity index (χ1) is 11.6. The normalized spacial score (nSPS) is 11.7. The van der Waals surface area contributed by atoms with Gasteiger partial charge in [-0.1, -0.05) is 0 Å². The van der Waals surface area contributed by atoms with Crippen molar-refractivity contribution in [2.45, 2.75) is 26.3 Å². The van der Waals surface area contributed by atoms with Crippen molar-refractivity contribution < 1.29 is 49.0 Å². The van der Waals surface area contributed by atoms with Crippen molar-refractivity contribution in [2.75, 3.05) is 12.3 Å². The van der Waals surface area contributed by atoms with E-state index < -0.39 is 31.8 Å². The van der Waals surface area contributed by atoms with E-state index in [0.29, 0.717) is 17.2 Å². The van der Waals surface area contributed by atoms with Crippen LogP contribution in [0, 0.1) is 12.2 Å². The third-order valence-electron chi connectivity index (χ3n) is 3.14. The lowest BCUT2D eigenvalue weighted by Gasteiger charge is -2.05. The molecular weight excluding hydrogens is 420 g/mol. The van der Waals surface area contributed by atoms with Crippen LogP contribution in [0.5, 0.6) is 0 Å². The molecule has 0 bridgehead atoms. The zero-order chi connectivity index (χ0) is 18.8. The van der Waals surface area contributed by atoms with Gasteiger partial charge < -0.3 is 27.9 Å². The molecule has 0 amide bonds. The Kier molecular flexibility index (Phi) is 7.93. The average Bonchev–Trinajstić information content (AvgIpc) is 2.76. The van der Waals surface area contributed by atoms with E-state index in [1.54, 1.807) is 6.92 Å². The highest BCUT2D eigenvalue weighted by molar-refractivity contribution is 7.46. The predicted octanol–water partition coefficient (Wildman–Crippen LogP) is -1.50. The maximum Gasteiger partial charge on any atom is 0.469 e. The SMILES string of the molecule is Cc1ncc(C[n+]2c(F)sc(CCOP(=O)(O)O)c2C(F)F)c(N)n1.[Cl-]. The Balaban J connectivity index is 0.00000338. The molecule has 4 N–H and O–H groups in total. The lowest BCUT2D eigenvalue weighted by Crippen LogP contribution is -3.00. The Morgan fingerprint density at radius 3 is 2.65 bits per heavy atom. The second-order valence-corrected chi connectivity index (χ2v) is 7.22. The molecule has 2 aromatic rings. The third-order valence-corrected chi connectivity index (χ3v) is 4.71. The second-order valence-electron chi connectivity index (χ2n) is 4.95. The number of aromatic nitrogens is 3. The topological polar surface area (TPSA) is 122 Å². The predicted molar refractivity (Wildman–Crippen MR) is 81.4 cm³/mol. The van der Waals surface area contributed by atoms with E-state index in [1.807, 2.05) is 0 Å². The van der Waals surface area contributed by atoms with Gasteiger partial charge in [0, 0.05) is 12.6 Å². The molecule has 2 rings (SSSR count). The quantitative estimate of drug-likeness (QED) is 0.358. The molecule has 0 aliphatic rings. The van der Waals surface area contributed by atoms with E-state index in [0.717, 1.165) is 4.57 Å². The summed E-state index contributed by atoms with van der Waals surface area (Å²) in [5, 5.41) is -0.901. The standard InChI is InChI=1S/C12H14F3N4O4PS.ClH/c1-6-17-4-7(11(16)18-6)5-19-9(10(13)14)8(25-12(19)15)2-3-23-24(20,21)22;/h4,10H,2-3,5H2,1H3,(H3-,16,17,18,20,21,22);1H. The van der Waals surface area contributed by atoms with Crippen LogP contribution in [-0.4, -0.2) is 26.4 Å². The van der Waals surface area contributed by atoms with Gasteiger partial charge in [0.2, 0.25) is 0 Å². The van der Waals surface area contributed by atoms with Gasteiger partial charge in [0.05, 0.1) is 17.0 Å². The molecule has 14 heteroatoms. The van der Waals surface area contributed by atoms with Crippen molar-refractivity contribution in [1.82, 2.24) is 9.97 Å². The Morgan fingerprint density at radius 2 is 2.12 bits per heavy atom. The molecule has 0 saturated heterocycles. The van der Waals surface area contributed by atoms with E-state index in [9.17, 15) is 17.7 Å². The highest BCUT2D eigenvalue weighted by atomic mass is 35.5. The van der Waals surface area contributed by atoms with E-state index >= 15 is 0 Å². The smallest absolute Gasteiger partial charge is 0.469 e. The van der Waals surface area contributed by atoms with Gasteiger partial charge in [0.25, 0.3) is 5.69 Å². The van der Waals surface area contributed by atoms with Gasteiger partial charge in [0.1, 0.15) is 11.6 Å². The van der Waals surface area contributed by atoms with Crippen LogP contribution in [0.3, 0.4) is 0 Å². The molecule has 26 heavy (non-hydrogen) atoms. The molecule has 0 spiro atoms. The Hall–Kier alpha value is -1.30. The molecule has 0 atom stereocenters. The van der Waals surface area contributed by atoms with Crippen LogP contribution >= 0.6 is 19.2 Å². The van der Waals surface area contributed by atoms with E-state index in [1.165, 1.54) is 6.20 Å². The molecule has 0 unspecified atom stereocenters. The molecule has 0 radical (unpaired) electrons. The number of phosphoric acid groups is 1. The Bertz CT molecular complexity index is 820. The first-order valence-electron chi connectivity index (χ1n) is 6.85. The summed E-state index contributed by atoms with van der Waals surface area (Å²) in [4.78, 5) is 25.0. The van der Waals surface area contributed by atoms with Crippen LogP contribution in [0.15, 0.2) is 6.20 Å². The van der Waals surface area contributed by atoms with E-state index in [-0.39, 0.29) is 41.6 Å². The van der Waals surface area contributed by atoms with Crippen molar-refractivity contribution in [1.29, 1.82) is 0 Å². The van der Waals surface area contributed by atoms with Crippen LogP contribution in [0.2, 0.25) is 0 Å². The molecular formula is C12H15ClF3N4O4PS. The molecule has 146 valence electrons. The van der Waals surface area contributed by atoms with Gasteiger partial charge in [-0.15, -0.1) is 4.39 Å². The summed E-state index contributed by atoms with van der Waals surface area (Å²) in [6.07, 6.45) is -1.95. The summed E-state index contributed by atoms with van der Waals surface area (Å²) in [6.45, 7) is 0.773. The Labute approximate surface area is 156 Å². The maximum absolute atomic E-state index is 14.2. The lowest BCUT2D eigenvalue weighted by atomic mass is 10.2. The minimum Gasteiger partial charge on any atom is -1.00 e. The van der Waals surface area contributed by atoms with Crippen molar-refractivity contribution in [2.24, 2.45) is 0 Å². The zero-order valence-electron chi connectivity index (χ0n) is 13.3. The minimum atomic E-state index is -4.73. The van der Waals surface area contributed by atoms with Gasteiger partial charge in [0.15, 0.2) is 6.54 Å². The number of rotatable bonds is 7. The van der Waals surface area contributed by atoms with E-state index in [4.69, 9.17) is 15.5 Å². The van der Waals surface area contributed by atoms with Crippen LogP contribution in [0.4, 0.5) is 19.0 Å². The first kappa shape index (κ1) is 22.7. The van der Waals surface area contributed by atoms with Gasteiger partial charge in [-0.2, -0.15) is 13.3 Å². The number of nitrogens with zero attached hydrogens (tertiary/aromatic N) is 3. The largest absolute Gasteiger partial charge is 1.00 e. The summed E-state index contributed by atoms with van der Waals surface area (Å²) >= 11 is 0.450. The minimum absolute atomic E-state index is 0. The van der Waals surface area contributed by atoms with Gasteiger partial charge in [-0.05, 0) is 18.3 Å². The summed E-state index contributed by atoms with van der Waals surface area (Å²) < 4.78 is 56.6. The van der Waals surface area contributed by atoms with Crippen LogP contribution in [-0.2, 0) is 22.1 Å². The molecule has 0 aromatic carbocycles. The second kappa shape index (κ2) is 9.07. The molecule has 0 fully saturated rings. The number of phosphoric ester groups is 1. The highest BCUT2D eigenvalue weighted by Gasteiger charge is 2.34. The fourth-order valence-electron chi connectivity index (χ4n) is 2.08. The molecule has 8 nitrogen and oxygen atoms in total. The fraction of sp³-hybridized carbons (Fsp3) is 0.417. The van der Waals surface area contributed by atoms with Crippen molar-refractivity contribution in [3.05, 3.63) is 33.4 Å². The summed E-state index contributed by atoms with van der Waals surface area (Å²) in [5.41, 5.74) is 5.37. The van der Waals surface area contributed by atoms with Crippen molar-refractivity contribution in [3.63, 3.8) is 0 Å². The van der Waals surface area contributed by atoms with Crippen molar-refractivity contribution in [3.8, 4) is 0 Å². The fourth-order valence-corrected chi connectivity index (χ4v) is 3.38. The number of thiazole rings is 1. The van der Waals surface area contributed by atoms with Crippen LogP contribution < -0.4 is 22.7 Å². The first-order valence-corrected chi connectivity index (χ1v) is 9.20. The zero-order valence-corrected chi connectivity index (χ0v) is 15.7. The number of nitrogen functional groups attached to an aromatic ring is 1. The lowest BCUT2D eigenvalue weighted by molar-refractivity contribution is -0.721. The van der Waals surface area contributed by atoms with Crippen LogP contribution in [0.1, 0.15) is 28.4 Å². The van der Waals surface area contributed by atoms with Gasteiger partial charge >= 0.3 is 19.5 Å². The van der Waals surface area contributed by atoms with Gasteiger partial charge in [-0.25, -0.2) is 14.5 Å². The average molecular weight is 435 g/mol. The third kappa shape index (κ3) is 5.86. The summed E-state index contributed by atoms with van der Waals surface area (Å²) in [5.74, 6) is 0.443. The molecule has 2 aromatic heterocycles. The number of halogens is 4. The molecule has 0 aliphatic carbocycles. The molecule has 0 aliphatic heterocycles. The van der Waals surface area contributed by atoms with Crippen molar-refractivity contribution >= 4 is 25.0 Å². The van der Waals surface area contributed by atoms with Crippen LogP contribution in [0.25, 0.3) is 0 Å². The highest BCUT2D eigenvalue weighted by Crippen LogP contribution is 2.36. The Morgan fingerprint density at radius 1 is 1.46 bits per heavy atom. The summed E-state index contributed by atoms with van der Waals surface area (Å²) in [6, 6.07) is 0. The summed E-state index contributed by atoms with van der Waals surface area (Å²) in [7, 11) is -4.73. The maximum atomic E-state index is 14.2. The monoisotopic (exact) mass is 434 g/mol. The van der Waals surface area contributed by atoms with E-state index in [2.05, 4.69) is 14.5 Å². The number of alkyl halides is 2. The number of anilines is 1.